The second kappa shape index (κ2) is 6.87. The van der Waals surface area contributed by atoms with Gasteiger partial charge in [-0.25, -0.2) is 0 Å². The predicted octanol–water partition coefficient (Wildman–Crippen LogP) is 3.79. The number of fused-ring (bicyclic) bond motifs is 8. The van der Waals surface area contributed by atoms with Crippen LogP contribution in [0.1, 0.15) is 17.5 Å². The fourth-order valence-corrected chi connectivity index (χ4v) is 6.22. The van der Waals surface area contributed by atoms with Gasteiger partial charge in [0.2, 0.25) is 11.8 Å². The third-order valence-electron chi connectivity index (χ3n) is 7.47. The number of hydrogen-bond donors (Lipinski definition) is 0. The highest BCUT2D eigenvalue weighted by atomic mass is 19.4. The summed E-state index contributed by atoms with van der Waals surface area (Å²) in [5.41, 5.74) is -0.134. The number of rotatable bonds is 3. The van der Waals surface area contributed by atoms with E-state index in [1.165, 1.54) is 24.3 Å². The number of oxime groups is 1. The molecule has 174 valence electrons. The minimum Gasteiger partial charge on any atom is -0.391 e. The van der Waals surface area contributed by atoms with Gasteiger partial charge < -0.3 is 4.84 Å². The van der Waals surface area contributed by atoms with E-state index in [2.05, 4.69) is 5.16 Å². The first kappa shape index (κ1) is 20.8. The van der Waals surface area contributed by atoms with E-state index in [0.29, 0.717) is 17.7 Å². The fraction of sp³-hybridized carbons (Fsp3) is 0.348. The Labute approximate surface area is 190 Å². The number of nitro groups is 1. The number of benzene rings is 2. The Balaban J connectivity index is 1.33. The fourth-order valence-electron chi connectivity index (χ4n) is 6.22. The first-order valence-corrected chi connectivity index (χ1v) is 10.7. The average molecular weight is 471 g/mol. The summed E-state index contributed by atoms with van der Waals surface area (Å²) < 4.78 is 39.6. The number of alkyl halides is 3. The van der Waals surface area contributed by atoms with Crippen LogP contribution in [0.2, 0.25) is 0 Å². The van der Waals surface area contributed by atoms with E-state index >= 15 is 0 Å². The molecule has 2 amide bonds. The van der Waals surface area contributed by atoms with Crippen LogP contribution in [0.25, 0.3) is 0 Å². The van der Waals surface area contributed by atoms with Crippen molar-refractivity contribution in [2.75, 3.05) is 4.90 Å². The number of amides is 2. The lowest BCUT2D eigenvalue weighted by Gasteiger charge is -2.29. The molecule has 3 fully saturated rings. The van der Waals surface area contributed by atoms with Crippen molar-refractivity contribution in [2.45, 2.75) is 18.7 Å². The third kappa shape index (κ3) is 2.75. The van der Waals surface area contributed by atoms with Crippen molar-refractivity contribution in [3.63, 3.8) is 0 Å². The van der Waals surface area contributed by atoms with Crippen LogP contribution >= 0.6 is 0 Å². The summed E-state index contributed by atoms with van der Waals surface area (Å²) in [5, 5.41) is 15.3. The van der Waals surface area contributed by atoms with Gasteiger partial charge in [-0.05, 0) is 30.5 Å². The van der Waals surface area contributed by atoms with Crippen LogP contribution in [0, 0.1) is 39.7 Å². The smallest absolute Gasteiger partial charge is 0.391 e. The van der Waals surface area contributed by atoms with Crippen LogP contribution in [0.15, 0.2) is 53.7 Å². The molecule has 0 radical (unpaired) electrons. The second-order valence-corrected chi connectivity index (χ2v) is 9.05. The molecule has 2 saturated carbocycles. The van der Waals surface area contributed by atoms with Gasteiger partial charge in [0.1, 0.15) is 6.10 Å². The van der Waals surface area contributed by atoms with Gasteiger partial charge in [0.15, 0.2) is 0 Å². The normalized spacial score (nSPS) is 31.4. The molecule has 0 aromatic heterocycles. The molecule has 2 aromatic rings. The van der Waals surface area contributed by atoms with E-state index in [1.807, 2.05) is 0 Å². The summed E-state index contributed by atoms with van der Waals surface area (Å²) in [5.74, 6) is -3.36. The van der Waals surface area contributed by atoms with Crippen molar-refractivity contribution in [1.29, 1.82) is 0 Å². The molecule has 0 N–H and O–H groups in total. The van der Waals surface area contributed by atoms with E-state index < -0.39 is 46.4 Å². The monoisotopic (exact) mass is 471 g/mol. The van der Waals surface area contributed by atoms with Crippen molar-refractivity contribution < 1.29 is 32.5 Å². The van der Waals surface area contributed by atoms with Crippen LogP contribution in [0.4, 0.5) is 24.5 Å². The van der Waals surface area contributed by atoms with Crippen molar-refractivity contribution in [3.05, 3.63) is 69.8 Å². The first-order chi connectivity index (χ1) is 16.2. The number of carbonyl (C=O) groups excluding carboxylic acids is 2. The lowest BCUT2D eigenvalue weighted by Crippen LogP contribution is -2.41. The number of halogens is 3. The zero-order valence-corrected chi connectivity index (χ0v) is 17.3. The van der Waals surface area contributed by atoms with Gasteiger partial charge in [-0.15, -0.1) is 0 Å². The van der Waals surface area contributed by atoms with Gasteiger partial charge in [0, 0.05) is 29.5 Å². The molecule has 2 heterocycles. The molecule has 6 rings (SSSR count). The average Bonchev–Trinajstić information content (AvgIpc) is 3.53. The molecule has 0 spiro atoms. The number of hydrogen-bond acceptors (Lipinski definition) is 6. The molecule has 11 heteroatoms. The van der Waals surface area contributed by atoms with Gasteiger partial charge in [0.25, 0.3) is 5.69 Å². The van der Waals surface area contributed by atoms with Gasteiger partial charge >= 0.3 is 6.18 Å². The maximum atomic E-state index is 13.4. The van der Waals surface area contributed by atoms with E-state index in [-0.39, 0.29) is 29.1 Å². The SMILES string of the molecule is O=C1[C@@H]2[C@H]3C[C@H]([C@H]4ON=C(c5cccc([N+](=O)[O-])c5)[C@@H]34)[C@@H]2C(=O)N1c1cccc(C(F)(F)F)c1. The molecular formula is C23H16F3N3O5. The minimum absolute atomic E-state index is 0.0997. The molecule has 2 aliphatic heterocycles. The Morgan fingerprint density at radius 3 is 2.41 bits per heavy atom. The Bertz CT molecular complexity index is 1290. The number of nitrogens with zero attached hydrogens (tertiary/aromatic N) is 3. The van der Waals surface area contributed by atoms with Crippen LogP contribution in [0.3, 0.4) is 0 Å². The van der Waals surface area contributed by atoms with Crippen molar-refractivity contribution in [3.8, 4) is 0 Å². The summed E-state index contributed by atoms with van der Waals surface area (Å²) in [6.07, 6.45) is -4.52. The van der Waals surface area contributed by atoms with Gasteiger partial charge in [-0.2, -0.15) is 13.2 Å². The Morgan fingerprint density at radius 2 is 1.71 bits per heavy atom. The molecule has 2 aromatic carbocycles. The Kier molecular flexibility index (Phi) is 4.21. The van der Waals surface area contributed by atoms with E-state index in [0.717, 1.165) is 17.0 Å². The zero-order valence-electron chi connectivity index (χ0n) is 17.3. The largest absolute Gasteiger partial charge is 0.416 e. The topological polar surface area (TPSA) is 102 Å². The number of imide groups is 1. The number of anilines is 1. The van der Waals surface area contributed by atoms with Gasteiger partial charge in [-0.3, -0.25) is 24.6 Å². The minimum atomic E-state index is -4.61. The lowest BCUT2D eigenvalue weighted by atomic mass is 9.71. The molecule has 34 heavy (non-hydrogen) atoms. The summed E-state index contributed by atoms with van der Waals surface area (Å²) >= 11 is 0. The summed E-state index contributed by atoms with van der Waals surface area (Å²) in [7, 11) is 0. The zero-order chi connectivity index (χ0) is 23.9. The van der Waals surface area contributed by atoms with E-state index in [4.69, 9.17) is 4.84 Å². The number of nitro benzene ring substituents is 1. The Hall–Kier alpha value is -3.76. The summed E-state index contributed by atoms with van der Waals surface area (Å²) in [6, 6.07) is 10.2. The van der Waals surface area contributed by atoms with Crippen molar-refractivity contribution >= 4 is 28.9 Å². The second-order valence-electron chi connectivity index (χ2n) is 9.05. The molecule has 8 nitrogen and oxygen atoms in total. The number of non-ortho nitro benzene ring substituents is 1. The molecular weight excluding hydrogens is 455 g/mol. The first-order valence-electron chi connectivity index (χ1n) is 10.7. The Morgan fingerprint density at radius 1 is 1.00 bits per heavy atom. The molecule has 1 saturated heterocycles. The van der Waals surface area contributed by atoms with E-state index in [9.17, 15) is 32.9 Å². The molecule has 4 aliphatic rings. The maximum absolute atomic E-state index is 13.4. The summed E-state index contributed by atoms with van der Waals surface area (Å²) in [6.45, 7) is 0. The van der Waals surface area contributed by atoms with Crippen molar-refractivity contribution in [1.82, 2.24) is 0 Å². The van der Waals surface area contributed by atoms with Crippen LogP contribution in [-0.4, -0.2) is 28.6 Å². The standard InChI is InChI=1S/C23H16F3N3O5/c24-23(25,26)11-4-2-5-12(8-11)28-21(30)16-14-9-15(17(16)22(28)31)20-18(14)19(27-34-20)10-3-1-6-13(7-10)29(32)33/h1-8,14-18,20H,9H2/t14-,15+,16-,17+,18-,20-/m1/s1. The number of carbonyl (C=O) groups is 2. The lowest BCUT2D eigenvalue weighted by molar-refractivity contribution is -0.384. The highest BCUT2D eigenvalue weighted by molar-refractivity contribution is 6.23. The quantitative estimate of drug-likeness (QED) is 0.385. The van der Waals surface area contributed by atoms with Gasteiger partial charge in [-0.1, -0.05) is 23.4 Å². The molecule has 2 aliphatic carbocycles. The summed E-state index contributed by atoms with van der Waals surface area (Å²) in [4.78, 5) is 43.8. The predicted molar refractivity (Wildman–Crippen MR) is 111 cm³/mol. The van der Waals surface area contributed by atoms with Gasteiger partial charge in [0.05, 0.1) is 33.7 Å². The van der Waals surface area contributed by atoms with Crippen LogP contribution in [-0.2, 0) is 20.6 Å². The van der Waals surface area contributed by atoms with Crippen LogP contribution in [0.5, 0.6) is 0 Å². The molecule has 6 atom stereocenters. The van der Waals surface area contributed by atoms with Crippen LogP contribution < -0.4 is 4.90 Å². The highest BCUT2D eigenvalue weighted by Gasteiger charge is 2.70. The molecule has 2 bridgehead atoms. The third-order valence-corrected chi connectivity index (χ3v) is 7.47. The maximum Gasteiger partial charge on any atom is 0.416 e. The van der Waals surface area contributed by atoms with Crippen molar-refractivity contribution in [2.24, 2.45) is 34.7 Å². The van der Waals surface area contributed by atoms with E-state index in [1.54, 1.807) is 12.1 Å². The molecule has 0 unspecified atom stereocenters. The highest BCUT2D eigenvalue weighted by Crippen LogP contribution is 2.62.